The molecule has 0 bridgehead atoms. The lowest BCUT2D eigenvalue weighted by Crippen LogP contribution is -2.16. The highest BCUT2D eigenvalue weighted by atomic mass is 32.2. The summed E-state index contributed by atoms with van der Waals surface area (Å²) in [5, 5.41) is 0. The second kappa shape index (κ2) is 5.01. The molecule has 0 saturated heterocycles. The molecule has 0 spiro atoms. The SMILES string of the molecule is Cc1ccc(C)c(S(=O)(=O)Nc2ncccc2C)c1. The number of nitrogens with one attached hydrogen (secondary N) is 1. The van der Waals surface area contributed by atoms with Crippen molar-refractivity contribution in [3.05, 3.63) is 53.2 Å². The minimum absolute atomic E-state index is 0.289. The van der Waals surface area contributed by atoms with Gasteiger partial charge in [0.1, 0.15) is 5.82 Å². The van der Waals surface area contributed by atoms with Crippen LogP contribution in [-0.2, 0) is 10.0 Å². The Labute approximate surface area is 113 Å². The molecule has 0 atom stereocenters. The fraction of sp³-hybridized carbons (Fsp3) is 0.214. The number of benzene rings is 1. The molecule has 0 aliphatic heterocycles. The molecule has 1 aromatic carbocycles. The molecule has 5 heteroatoms. The predicted octanol–water partition coefficient (Wildman–Crippen LogP) is 2.81. The quantitative estimate of drug-likeness (QED) is 0.937. The van der Waals surface area contributed by atoms with Gasteiger partial charge in [-0.25, -0.2) is 13.4 Å². The van der Waals surface area contributed by atoms with Gasteiger partial charge in [-0.1, -0.05) is 18.2 Å². The third kappa shape index (κ3) is 2.93. The molecule has 0 unspecified atom stereocenters. The van der Waals surface area contributed by atoms with Crippen LogP contribution in [-0.4, -0.2) is 13.4 Å². The summed E-state index contributed by atoms with van der Waals surface area (Å²) in [5.41, 5.74) is 2.41. The lowest BCUT2D eigenvalue weighted by atomic mass is 10.2. The topological polar surface area (TPSA) is 59.1 Å². The number of aromatic nitrogens is 1. The first-order chi connectivity index (χ1) is 8.90. The molecule has 2 aromatic rings. The largest absolute Gasteiger partial charge is 0.263 e. The average molecular weight is 276 g/mol. The first-order valence-electron chi connectivity index (χ1n) is 5.92. The fourth-order valence-electron chi connectivity index (χ4n) is 1.77. The van der Waals surface area contributed by atoms with E-state index in [1.54, 1.807) is 31.3 Å². The van der Waals surface area contributed by atoms with E-state index in [1.807, 2.05) is 26.0 Å². The molecule has 2 rings (SSSR count). The van der Waals surface area contributed by atoms with Crippen molar-refractivity contribution in [2.75, 3.05) is 4.72 Å². The standard InChI is InChI=1S/C14H16N2O2S/c1-10-6-7-11(2)13(9-10)19(17,18)16-14-12(3)5-4-8-15-14/h4-9H,1-3H3,(H,15,16). The molecule has 1 heterocycles. The highest BCUT2D eigenvalue weighted by Crippen LogP contribution is 2.20. The van der Waals surface area contributed by atoms with E-state index in [2.05, 4.69) is 9.71 Å². The van der Waals surface area contributed by atoms with Gasteiger partial charge in [0.15, 0.2) is 0 Å². The Morgan fingerprint density at radius 3 is 2.47 bits per heavy atom. The zero-order chi connectivity index (χ0) is 14.0. The van der Waals surface area contributed by atoms with Crippen molar-refractivity contribution >= 4 is 15.8 Å². The molecule has 0 radical (unpaired) electrons. The van der Waals surface area contributed by atoms with E-state index in [1.165, 1.54) is 0 Å². The highest BCUT2D eigenvalue weighted by Gasteiger charge is 2.18. The van der Waals surface area contributed by atoms with Crippen LogP contribution < -0.4 is 4.72 Å². The Morgan fingerprint density at radius 1 is 1.05 bits per heavy atom. The summed E-state index contributed by atoms with van der Waals surface area (Å²) < 4.78 is 27.3. The second-order valence-corrected chi connectivity index (χ2v) is 6.19. The number of hydrogen-bond acceptors (Lipinski definition) is 3. The molecule has 1 N–H and O–H groups in total. The molecule has 100 valence electrons. The number of sulfonamides is 1. The van der Waals surface area contributed by atoms with Gasteiger partial charge in [0.25, 0.3) is 10.0 Å². The van der Waals surface area contributed by atoms with Gasteiger partial charge in [0, 0.05) is 6.20 Å². The summed E-state index contributed by atoms with van der Waals surface area (Å²) in [6.07, 6.45) is 1.56. The first kappa shape index (κ1) is 13.5. The Kier molecular flexibility index (Phi) is 3.57. The Morgan fingerprint density at radius 2 is 1.79 bits per heavy atom. The predicted molar refractivity (Wildman–Crippen MR) is 75.7 cm³/mol. The van der Waals surface area contributed by atoms with Crippen molar-refractivity contribution in [1.82, 2.24) is 4.98 Å². The van der Waals surface area contributed by atoms with E-state index in [0.717, 1.165) is 11.1 Å². The van der Waals surface area contributed by atoms with E-state index in [-0.39, 0.29) is 4.90 Å². The minimum atomic E-state index is -3.60. The molecular weight excluding hydrogens is 260 g/mol. The third-order valence-corrected chi connectivity index (χ3v) is 4.35. The molecule has 1 aromatic heterocycles. The van der Waals surface area contributed by atoms with E-state index in [4.69, 9.17) is 0 Å². The molecule has 0 fully saturated rings. The fourth-order valence-corrected chi connectivity index (χ4v) is 3.18. The Bertz CT molecular complexity index is 709. The number of hydrogen-bond donors (Lipinski definition) is 1. The monoisotopic (exact) mass is 276 g/mol. The Balaban J connectivity index is 2.44. The maximum Gasteiger partial charge on any atom is 0.263 e. The summed E-state index contributed by atoms with van der Waals surface area (Å²) in [6, 6.07) is 8.94. The van der Waals surface area contributed by atoms with Crippen LogP contribution in [0.3, 0.4) is 0 Å². The second-order valence-electron chi connectivity index (χ2n) is 4.54. The van der Waals surface area contributed by atoms with Crippen LogP contribution in [0, 0.1) is 20.8 Å². The van der Waals surface area contributed by atoms with Crippen molar-refractivity contribution < 1.29 is 8.42 Å². The third-order valence-electron chi connectivity index (χ3n) is 2.87. The molecule has 0 amide bonds. The highest BCUT2D eigenvalue weighted by molar-refractivity contribution is 7.92. The maximum atomic E-state index is 12.4. The molecular formula is C14H16N2O2S. The van der Waals surface area contributed by atoms with Gasteiger partial charge >= 0.3 is 0 Å². The molecule has 4 nitrogen and oxygen atoms in total. The van der Waals surface area contributed by atoms with Crippen LogP contribution in [0.5, 0.6) is 0 Å². The van der Waals surface area contributed by atoms with E-state index in [0.29, 0.717) is 11.4 Å². The summed E-state index contributed by atoms with van der Waals surface area (Å²) in [4.78, 5) is 4.34. The van der Waals surface area contributed by atoms with Gasteiger partial charge in [0.05, 0.1) is 4.90 Å². The number of rotatable bonds is 3. The summed E-state index contributed by atoms with van der Waals surface area (Å²) in [5.74, 6) is 0.364. The lowest BCUT2D eigenvalue weighted by Gasteiger charge is -2.11. The van der Waals surface area contributed by atoms with Crippen LogP contribution in [0.4, 0.5) is 5.82 Å². The lowest BCUT2D eigenvalue weighted by molar-refractivity contribution is 0.600. The zero-order valence-electron chi connectivity index (χ0n) is 11.1. The normalized spacial score (nSPS) is 11.3. The van der Waals surface area contributed by atoms with Crippen molar-refractivity contribution in [2.45, 2.75) is 25.7 Å². The number of pyridine rings is 1. The molecule has 0 aliphatic carbocycles. The summed E-state index contributed by atoms with van der Waals surface area (Å²) in [6.45, 7) is 5.46. The van der Waals surface area contributed by atoms with Crippen molar-refractivity contribution in [2.24, 2.45) is 0 Å². The van der Waals surface area contributed by atoms with Gasteiger partial charge in [-0.05, 0) is 49.6 Å². The van der Waals surface area contributed by atoms with Crippen LogP contribution in [0.1, 0.15) is 16.7 Å². The van der Waals surface area contributed by atoms with E-state index >= 15 is 0 Å². The smallest absolute Gasteiger partial charge is 0.263 e. The molecule has 0 aliphatic rings. The summed E-state index contributed by atoms with van der Waals surface area (Å²) in [7, 11) is -3.60. The first-order valence-corrected chi connectivity index (χ1v) is 7.40. The number of anilines is 1. The van der Waals surface area contributed by atoms with Gasteiger partial charge in [0.2, 0.25) is 0 Å². The molecule has 0 saturated carbocycles. The summed E-state index contributed by atoms with van der Waals surface area (Å²) >= 11 is 0. The van der Waals surface area contributed by atoms with E-state index in [9.17, 15) is 8.42 Å². The average Bonchev–Trinajstić information content (AvgIpc) is 2.35. The van der Waals surface area contributed by atoms with Crippen LogP contribution >= 0.6 is 0 Å². The maximum absolute atomic E-state index is 12.4. The van der Waals surface area contributed by atoms with Crippen LogP contribution in [0.15, 0.2) is 41.4 Å². The van der Waals surface area contributed by atoms with Gasteiger partial charge in [-0.3, -0.25) is 4.72 Å². The van der Waals surface area contributed by atoms with E-state index < -0.39 is 10.0 Å². The zero-order valence-corrected chi connectivity index (χ0v) is 12.0. The minimum Gasteiger partial charge on any atom is -0.263 e. The van der Waals surface area contributed by atoms with Gasteiger partial charge in [-0.15, -0.1) is 0 Å². The Hall–Kier alpha value is -1.88. The number of aryl methyl sites for hydroxylation is 3. The van der Waals surface area contributed by atoms with Gasteiger partial charge in [-0.2, -0.15) is 0 Å². The van der Waals surface area contributed by atoms with Crippen LogP contribution in [0.2, 0.25) is 0 Å². The van der Waals surface area contributed by atoms with Crippen LogP contribution in [0.25, 0.3) is 0 Å². The van der Waals surface area contributed by atoms with Crippen molar-refractivity contribution in [3.63, 3.8) is 0 Å². The number of nitrogens with zero attached hydrogens (tertiary/aromatic N) is 1. The molecule has 19 heavy (non-hydrogen) atoms. The van der Waals surface area contributed by atoms with Gasteiger partial charge < -0.3 is 0 Å². The van der Waals surface area contributed by atoms with Crippen molar-refractivity contribution in [3.8, 4) is 0 Å². The van der Waals surface area contributed by atoms with Crippen molar-refractivity contribution in [1.29, 1.82) is 0 Å².